The van der Waals surface area contributed by atoms with Crippen molar-refractivity contribution in [2.75, 3.05) is 20.8 Å². The molecule has 4 aromatic rings. The van der Waals surface area contributed by atoms with Gasteiger partial charge >= 0.3 is 5.63 Å². The molecule has 2 aromatic carbocycles. The number of methoxy groups -OCH3 is 2. The lowest BCUT2D eigenvalue weighted by Gasteiger charge is -2.09. The summed E-state index contributed by atoms with van der Waals surface area (Å²) in [5, 5.41) is 4.87. The Bertz CT molecular complexity index is 1340. The van der Waals surface area contributed by atoms with Gasteiger partial charge in [0.05, 0.1) is 14.2 Å². The van der Waals surface area contributed by atoms with Crippen molar-refractivity contribution in [3.8, 4) is 11.5 Å². The highest BCUT2D eigenvalue weighted by molar-refractivity contribution is 5.85. The van der Waals surface area contributed by atoms with Crippen molar-refractivity contribution in [1.29, 1.82) is 0 Å². The van der Waals surface area contributed by atoms with E-state index in [1.54, 1.807) is 20.3 Å². The van der Waals surface area contributed by atoms with Crippen LogP contribution in [0.1, 0.15) is 23.1 Å². The number of amides is 1. The van der Waals surface area contributed by atoms with Crippen LogP contribution in [-0.4, -0.2) is 31.7 Å². The number of aromatic nitrogens is 1. The number of benzene rings is 2. The standard InChI is InChI=1S/C25H26N2O5/c1-15-19-6-4-18(31-3)13-23(19)32-25(29)20(15)7-9-24(28)26-11-10-16-14-27-22-8-5-17(30-2)12-21(16)22/h4-6,8,12-14,27H,7,9-11H2,1-3H3,(H,26,28). The lowest BCUT2D eigenvalue weighted by Crippen LogP contribution is -2.26. The molecule has 0 spiro atoms. The Balaban J connectivity index is 1.37. The van der Waals surface area contributed by atoms with E-state index in [2.05, 4.69) is 10.3 Å². The van der Waals surface area contributed by atoms with E-state index in [1.165, 1.54) is 0 Å². The summed E-state index contributed by atoms with van der Waals surface area (Å²) in [4.78, 5) is 28.1. The van der Waals surface area contributed by atoms with Crippen molar-refractivity contribution < 1.29 is 18.7 Å². The third-order valence-corrected chi connectivity index (χ3v) is 5.79. The molecule has 0 aliphatic heterocycles. The smallest absolute Gasteiger partial charge is 0.339 e. The number of carbonyl (C=O) groups excluding carboxylic acids is 1. The van der Waals surface area contributed by atoms with E-state index in [9.17, 15) is 9.59 Å². The van der Waals surface area contributed by atoms with Gasteiger partial charge in [0.2, 0.25) is 5.91 Å². The van der Waals surface area contributed by atoms with E-state index in [1.807, 2.05) is 43.5 Å². The second-order valence-corrected chi connectivity index (χ2v) is 7.68. The summed E-state index contributed by atoms with van der Waals surface area (Å²) in [5.41, 5.74) is 3.57. The molecule has 0 radical (unpaired) electrons. The fourth-order valence-corrected chi connectivity index (χ4v) is 3.95. The van der Waals surface area contributed by atoms with Gasteiger partial charge in [0.25, 0.3) is 0 Å². The Morgan fingerprint density at radius 2 is 1.78 bits per heavy atom. The molecule has 0 aliphatic rings. The van der Waals surface area contributed by atoms with Gasteiger partial charge in [-0.2, -0.15) is 0 Å². The van der Waals surface area contributed by atoms with Crippen LogP contribution in [0.15, 0.2) is 51.8 Å². The number of aromatic amines is 1. The van der Waals surface area contributed by atoms with Crippen LogP contribution in [0.2, 0.25) is 0 Å². The summed E-state index contributed by atoms with van der Waals surface area (Å²) in [6.45, 7) is 2.39. The normalized spacial score (nSPS) is 11.1. The molecule has 32 heavy (non-hydrogen) atoms. The highest BCUT2D eigenvalue weighted by Crippen LogP contribution is 2.25. The molecule has 0 bridgehead atoms. The number of carbonyl (C=O) groups is 1. The largest absolute Gasteiger partial charge is 0.497 e. The van der Waals surface area contributed by atoms with Crippen molar-refractivity contribution in [3.05, 3.63) is 69.7 Å². The zero-order valence-electron chi connectivity index (χ0n) is 18.4. The van der Waals surface area contributed by atoms with E-state index in [0.29, 0.717) is 36.3 Å². The van der Waals surface area contributed by atoms with Crippen LogP contribution >= 0.6 is 0 Å². The summed E-state index contributed by atoms with van der Waals surface area (Å²) in [7, 11) is 3.21. The Morgan fingerprint density at radius 1 is 1.03 bits per heavy atom. The van der Waals surface area contributed by atoms with E-state index in [4.69, 9.17) is 13.9 Å². The quantitative estimate of drug-likeness (QED) is 0.411. The van der Waals surface area contributed by atoms with Crippen LogP contribution in [0, 0.1) is 6.92 Å². The number of nitrogens with one attached hydrogen (secondary N) is 2. The number of aryl methyl sites for hydroxylation is 1. The molecule has 2 aromatic heterocycles. The van der Waals surface area contributed by atoms with Crippen LogP contribution in [0.5, 0.6) is 11.5 Å². The summed E-state index contributed by atoms with van der Waals surface area (Å²) in [6.07, 6.45) is 3.19. The first-order chi connectivity index (χ1) is 15.5. The lowest BCUT2D eigenvalue weighted by molar-refractivity contribution is -0.121. The predicted molar refractivity (Wildman–Crippen MR) is 124 cm³/mol. The van der Waals surface area contributed by atoms with Gasteiger partial charge in [0.15, 0.2) is 0 Å². The van der Waals surface area contributed by atoms with Gasteiger partial charge in [0.1, 0.15) is 17.1 Å². The van der Waals surface area contributed by atoms with Gasteiger partial charge in [-0.05, 0) is 61.2 Å². The molecule has 1 amide bonds. The molecule has 0 atom stereocenters. The minimum absolute atomic E-state index is 0.101. The minimum atomic E-state index is -0.413. The third kappa shape index (κ3) is 4.32. The molecular weight excluding hydrogens is 408 g/mol. The second-order valence-electron chi connectivity index (χ2n) is 7.68. The number of hydrogen-bond donors (Lipinski definition) is 2. The van der Waals surface area contributed by atoms with Crippen molar-refractivity contribution in [2.45, 2.75) is 26.2 Å². The molecule has 7 nitrogen and oxygen atoms in total. The number of rotatable bonds is 8. The Labute approximate surface area is 185 Å². The van der Waals surface area contributed by atoms with Gasteiger partial charge in [-0.25, -0.2) is 4.79 Å². The number of hydrogen-bond acceptors (Lipinski definition) is 5. The van der Waals surface area contributed by atoms with Crippen LogP contribution in [0.25, 0.3) is 21.9 Å². The number of H-pyrrole nitrogens is 1. The molecular formula is C25H26N2O5. The van der Waals surface area contributed by atoms with Gasteiger partial charge in [0, 0.05) is 47.1 Å². The molecule has 7 heteroatoms. The van der Waals surface area contributed by atoms with Crippen molar-refractivity contribution in [1.82, 2.24) is 10.3 Å². The van der Waals surface area contributed by atoms with Crippen LogP contribution in [0.4, 0.5) is 0 Å². The molecule has 0 saturated carbocycles. The summed E-state index contributed by atoms with van der Waals surface area (Å²) in [6, 6.07) is 11.3. The van der Waals surface area contributed by atoms with Crippen LogP contribution in [-0.2, 0) is 17.6 Å². The maximum absolute atomic E-state index is 12.5. The van der Waals surface area contributed by atoms with Crippen molar-refractivity contribution in [2.24, 2.45) is 0 Å². The summed E-state index contributed by atoms with van der Waals surface area (Å²) in [5.74, 6) is 1.32. The minimum Gasteiger partial charge on any atom is -0.497 e. The van der Waals surface area contributed by atoms with E-state index < -0.39 is 5.63 Å². The van der Waals surface area contributed by atoms with E-state index in [0.717, 1.165) is 33.2 Å². The highest BCUT2D eigenvalue weighted by Gasteiger charge is 2.14. The Kier molecular flexibility index (Phi) is 6.16. The van der Waals surface area contributed by atoms with Crippen LogP contribution in [0.3, 0.4) is 0 Å². The fourth-order valence-electron chi connectivity index (χ4n) is 3.95. The Hall–Kier alpha value is -3.74. The molecule has 4 rings (SSSR count). The molecule has 0 saturated heterocycles. The first-order valence-electron chi connectivity index (χ1n) is 10.5. The van der Waals surface area contributed by atoms with Gasteiger partial charge in [-0.3, -0.25) is 4.79 Å². The zero-order valence-corrected chi connectivity index (χ0v) is 18.4. The molecule has 2 N–H and O–H groups in total. The molecule has 0 unspecified atom stereocenters. The average Bonchev–Trinajstić information content (AvgIpc) is 3.20. The predicted octanol–water partition coefficient (Wildman–Crippen LogP) is 3.89. The van der Waals surface area contributed by atoms with E-state index >= 15 is 0 Å². The van der Waals surface area contributed by atoms with Crippen molar-refractivity contribution >= 4 is 27.8 Å². The third-order valence-electron chi connectivity index (χ3n) is 5.79. The first-order valence-corrected chi connectivity index (χ1v) is 10.5. The number of fused-ring (bicyclic) bond motifs is 2. The maximum atomic E-state index is 12.5. The van der Waals surface area contributed by atoms with Gasteiger partial charge in [-0.1, -0.05) is 0 Å². The SMILES string of the molecule is COc1ccc2c(C)c(CCC(=O)NCCc3c[nH]c4ccc(OC)cc34)c(=O)oc2c1. The number of ether oxygens (including phenoxy) is 2. The summed E-state index contributed by atoms with van der Waals surface area (Å²) >= 11 is 0. The topological polar surface area (TPSA) is 93.6 Å². The molecule has 0 aliphatic carbocycles. The first kappa shape index (κ1) is 21.5. The highest BCUT2D eigenvalue weighted by atomic mass is 16.5. The van der Waals surface area contributed by atoms with Gasteiger partial charge < -0.3 is 24.2 Å². The fraction of sp³-hybridized carbons (Fsp3) is 0.280. The van der Waals surface area contributed by atoms with Gasteiger partial charge in [-0.15, -0.1) is 0 Å². The van der Waals surface area contributed by atoms with E-state index in [-0.39, 0.29) is 12.3 Å². The molecule has 0 fully saturated rings. The van der Waals surface area contributed by atoms with Crippen LogP contribution < -0.4 is 20.4 Å². The summed E-state index contributed by atoms with van der Waals surface area (Å²) < 4.78 is 15.9. The monoisotopic (exact) mass is 434 g/mol. The zero-order chi connectivity index (χ0) is 22.7. The maximum Gasteiger partial charge on any atom is 0.339 e. The average molecular weight is 434 g/mol. The second kappa shape index (κ2) is 9.18. The molecule has 2 heterocycles. The lowest BCUT2D eigenvalue weighted by atomic mass is 10.0. The van der Waals surface area contributed by atoms with Crippen molar-refractivity contribution in [3.63, 3.8) is 0 Å². The Morgan fingerprint density at radius 3 is 2.56 bits per heavy atom. The molecule has 166 valence electrons.